The molecule has 0 amide bonds. The number of aromatic nitrogens is 2. The monoisotopic (exact) mass is 239 g/mol. The molecule has 1 heterocycles. The van der Waals surface area contributed by atoms with Crippen LogP contribution < -0.4 is 4.90 Å². The van der Waals surface area contributed by atoms with Gasteiger partial charge in [-0.1, -0.05) is 12.8 Å². The fourth-order valence-corrected chi connectivity index (χ4v) is 2.42. The van der Waals surface area contributed by atoms with Crippen molar-refractivity contribution in [1.82, 2.24) is 9.97 Å². The molecule has 94 valence electrons. The summed E-state index contributed by atoms with van der Waals surface area (Å²) in [5.74, 6) is -0.144. The van der Waals surface area contributed by atoms with Crippen molar-refractivity contribution in [2.75, 3.05) is 18.5 Å². The Labute approximate surface area is 101 Å². The molecule has 1 fully saturated rings. The van der Waals surface area contributed by atoms with Crippen LogP contribution in [0.25, 0.3) is 0 Å². The van der Waals surface area contributed by atoms with Crippen LogP contribution >= 0.6 is 0 Å². The summed E-state index contributed by atoms with van der Waals surface area (Å²) in [5.41, 5.74) is -0.361. The van der Waals surface area contributed by atoms with Gasteiger partial charge in [0.15, 0.2) is 11.6 Å². The van der Waals surface area contributed by atoms with Crippen LogP contribution in [-0.4, -0.2) is 34.3 Å². The van der Waals surface area contributed by atoms with E-state index in [-0.39, 0.29) is 5.82 Å². The minimum atomic E-state index is -0.694. The highest BCUT2D eigenvalue weighted by Crippen LogP contribution is 2.31. The van der Waals surface area contributed by atoms with Crippen molar-refractivity contribution in [3.05, 3.63) is 17.8 Å². The molecule has 1 aromatic rings. The Kier molecular flexibility index (Phi) is 3.28. The van der Waals surface area contributed by atoms with Crippen molar-refractivity contribution >= 4 is 5.82 Å². The Hall–Kier alpha value is -1.23. The van der Waals surface area contributed by atoms with Gasteiger partial charge >= 0.3 is 0 Å². The van der Waals surface area contributed by atoms with Crippen LogP contribution in [0, 0.1) is 12.7 Å². The van der Waals surface area contributed by atoms with Crippen molar-refractivity contribution < 1.29 is 9.50 Å². The standard InChI is InChI=1S/C12H18FN3O/c1-9-10(13)11(15-8-14-9)16(2)7-12(17)5-3-4-6-12/h8,17H,3-7H2,1-2H3. The molecule has 1 aromatic heterocycles. The molecule has 2 rings (SSSR count). The minimum absolute atomic E-state index is 0.262. The first kappa shape index (κ1) is 12.2. The number of halogens is 1. The lowest BCUT2D eigenvalue weighted by Crippen LogP contribution is -2.40. The van der Waals surface area contributed by atoms with E-state index in [2.05, 4.69) is 9.97 Å². The zero-order chi connectivity index (χ0) is 12.5. The average molecular weight is 239 g/mol. The summed E-state index contributed by atoms with van der Waals surface area (Å²) in [7, 11) is 1.75. The number of anilines is 1. The fraction of sp³-hybridized carbons (Fsp3) is 0.667. The summed E-state index contributed by atoms with van der Waals surface area (Å²) >= 11 is 0. The molecule has 5 heteroatoms. The summed E-state index contributed by atoms with van der Waals surface area (Å²) in [6.07, 6.45) is 4.99. The summed E-state index contributed by atoms with van der Waals surface area (Å²) in [5, 5.41) is 10.3. The maximum atomic E-state index is 13.8. The Bertz CT molecular complexity index is 405. The number of aliphatic hydroxyl groups is 1. The second kappa shape index (κ2) is 4.56. The predicted octanol–water partition coefficient (Wildman–Crippen LogP) is 1.67. The van der Waals surface area contributed by atoms with Gasteiger partial charge in [-0.25, -0.2) is 14.4 Å². The zero-order valence-corrected chi connectivity index (χ0v) is 10.3. The summed E-state index contributed by atoms with van der Waals surface area (Å²) < 4.78 is 13.8. The molecule has 0 unspecified atom stereocenters. The molecule has 0 aliphatic heterocycles. The Morgan fingerprint density at radius 3 is 2.71 bits per heavy atom. The van der Waals surface area contributed by atoms with Gasteiger partial charge in [0.25, 0.3) is 0 Å². The lowest BCUT2D eigenvalue weighted by atomic mass is 10.0. The second-order valence-corrected chi connectivity index (χ2v) is 4.88. The number of nitrogens with zero attached hydrogens (tertiary/aromatic N) is 3. The third kappa shape index (κ3) is 2.54. The third-order valence-electron chi connectivity index (χ3n) is 3.37. The van der Waals surface area contributed by atoms with Gasteiger partial charge in [-0.05, 0) is 19.8 Å². The molecule has 0 spiro atoms. The van der Waals surface area contributed by atoms with E-state index in [4.69, 9.17) is 0 Å². The van der Waals surface area contributed by atoms with Crippen molar-refractivity contribution in [1.29, 1.82) is 0 Å². The molecule has 0 radical (unpaired) electrons. The lowest BCUT2D eigenvalue weighted by Gasteiger charge is -2.29. The third-order valence-corrected chi connectivity index (χ3v) is 3.37. The minimum Gasteiger partial charge on any atom is -0.388 e. The Morgan fingerprint density at radius 1 is 1.41 bits per heavy atom. The van der Waals surface area contributed by atoms with Crippen LogP contribution in [0.15, 0.2) is 6.33 Å². The first-order valence-electron chi connectivity index (χ1n) is 5.92. The number of hydrogen-bond donors (Lipinski definition) is 1. The number of aryl methyl sites for hydroxylation is 1. The van der Waals surface area contributed by atoms with Gasteiger partial charge < -0.3 is 10.0 Å². The number of hydrogen-bond acceptors (Lipinski definition) is 4. The van der Waals surface area contributed by atoms with Gasteiger partial charge in [-0.2, -0.15) is 0 Å². The molecule has 4 nitrogen and oxygen atoms in total. The molecular formula is C12H18FN3O. The summed E-state index contributed by atoms with van der Waals surface area (Å²) in [6.45, 7) is 2.03. The topological polar surface area (TPSA) is 49.2 Å². The normalized spacial score (nSPS) is 18.4. The van der Waals surface area contributed by atoms with Crippen molar-refractivity contribution in [3.8, 4) is 0 Å². The van der Waals surface area contributed by atoms with Gasteiger partial charge in [-0.15, -0.1) is 0 Å². The Balaban J connectivity index is 2.14. The average Bonchev–Trinajstić information content (AvgIpc) is 2.68. The van der Waals surface area contributed by atoms with Crippen LogP contribution in [0.4, 0.5) is 10.2 Å². The van der Waals surface area contributed by atoms with Gasteiger partial charge in [0.1, 0.15) is 6.33 Å². The lowest BCUT2D eigenvalue weighted by molar-refractivity contribution is 0.0556. The van der Waals surface area contributed by atoms with Crippen molar-refractivity contribution in [2.24, 2.45) is 0 Å². The first-order chi connectivity index (χ1) is 8.02. The van der Waals surface area contributed by atoms with Gasteiger partial charge in [-0.3, -0.25) is 0 Å². The van der Waals surface area contributed by atoms with Gasteiger partial charge in [0.05, 0.1) is 11.3 Å². The van der Waals surface area contributed by atoms with Crippen molar-refractivity contribution in [3.63, 3.8) is 0 Å². The molecule has 1 saturated carbocycles. The largest absolute Gasteiger partial charge is 0.388 e. The van der Waals surface area contributed by atoms with E-state index in [1.54, 1.807) is 18.9 Å². The maximum Gasteiger partial charge on any atom is 0.186 e. The van der Waals surface area contributed by atoms with Gasteiger partial charge in [0.2, 0.25) is 0 Å². The van der Waals surface area contributed by atoms with Crippen LogP contribution in [0.3, 0.4) is 0 Å². The van der Waals surface area contributed by atoms with E-state index in [1.165, 1.54) is 6.33 Å². The second-order valence-electron chi connectivity index (χ2n) is 4.88. The van der Waals surface area contributed by atoms with E-state index in [0.29, 0.717) is 12.2 Å². The quantitative estimate of drug-likeness (QED) is 0.871. The van der Waals surface area contributed by atoms with E-state index in [1.807, 2.05) is 0 Å². The molecule has 0 saturated heterocycles. The summed E-state index contributed by atoms with van der Waals surface area (Å²) in [6, 6.07) is 0. The number of rotatable bonds is 3. The van der Waals surface area contributed by atoms with E-state index < -0.39 is 11.4 Å². The van der Waals surface area contributed by atoms with Gasteiger partial charge in [0, 0.05) is 13.6 Å². The van der Waals surface area contributed by atoms with Crippen molar-refractivity contribution in [2.45, 2.75) is 38.2 Å². The predicted molar refractivity (Wildman–Crippen MR) is 63.4 cm³/mol. The highest BCUT2D eigenvalue weighted by Gasteiger charge is 2.33. The molecule has 1 N–H and O–H groups in total. The fourth-order valence-electron chi connectivity index (χ4n) is 2.42. The Morgan fingerprint density at radius 2 is 2.06 bits per heavy atom. The molecule has 0 atom stereocenters. The molecule has 0 bridgehead atoms. The maximum absolute atomic E-state index is 13.8. The van der Waals surface area contributed by atoms with Crippen LogP contribution in [0.2, 0.25) is 0 Å². The smallest absolute Gasteiger partial charge is 0.186 e. The van der Waals surface area contributed by atoms with E-state index in [9.17, 15) is 9.50 Å². The molecule has 1 aliphatic carbocycles. The number of likely N-dealkylation sites (N-methyl/N-ethyl adjacent to an activating group) is 1. The van der Waals surface area contributed by atoms with Crippen LogP contribution in [0.1, 0.15) is 31.4 Å². The van der Waals surface area contributed by atoms with E-state index >= 15 is 0 Å². The van der Waals surface area contributed by atoms with E-state index in [0.717, 1.165) is 25.7 Å². The van der Waals surface area contributed by atoms with Crippen LogP contribution in [-0.2, 0) is 0 Å². The highest BCUT2D eigenvalue weighted by molar-refractivity contribution is 5.40. The highest BCUT2D eigenvalue weighted by atomic mass is 19.1. The SMILES string of the molecule is Cc1ncnc(N(C)CC2(O)CCCC2)c1F. The molecule has 1 aliphatic rings. The molecule has 17 heavy (non-hydrogen) atoms. The van der Waals surface area contributed by atoms with Crippen LogP contribution in [0.5, 0.6) is 0 Å². The molecular weight excluding hydrogens is 221 g/mol. The zero-order valence-electron chi connectivity index (χ0n) is 10.3. The first-order valence-corrected chi connectivity index (χ1v) is 5.92. The molecule has 0 aromatic carbocycles. The summed E-state index contributed by atoms with van der Waals surface area (Å²) in [4.78, 5) is 9.41.